The number of hydrogen-bond acceptors (Lipinski definition) is 4. The zero-order valence-electron chi connectivity index (χ0n) is 19.0. The van der Waals surface area contributed by atoms with E-state index in [0.717, 1.165) is 39.0 Å². The van der Waals surface area contributed by atoms with Crippen LogP contribution in [-0.2, 0) is 7.05 Å². The molecule has 174 valence electrons. The highest BCUT2D eigenvalue weighted by Gasteiger charge is 2.19. The van der Waals surface area contributed by atoms with Crippen molar-refractivity contribution in [1.82, 2.24) is 19.1 Å². The normalized spacial score (nSPS) is 12.1. The standard InChI is InChI=1S/C27H21ClN4O3/c1-16(23-5-3-4-10-29-23)32-15-21(17-6-8-18(9-7-17)27(34)35)25-24(32)12-19(13-30-25)20-11-22(28)26(33)31(2)14-20/h3-16H,1-2H3,(H,34,35)/t16-/m0/s1. The van der Waals surface area contributed by atoms with Crippen LogP contribution in [0.15, 0.2) is 84.2 Å². The first kappa shape index (κ1) is 22.6. The quantitative estimate of drug-likeness (QED) is 0.359. The van der Waals surface area contributed by atoms with Crippen LogP contribution in [0.25, 0.3) is 33.3 Å². The molecular weight excluding hydrogens is 464 g/mol. The van der Waals surface area contributed by atoms with Crippen LogP contribution >= 0.6 is 11.6 Å². The molecule has 0 amide bonds. The summed E-state index contributed by atoms with van der Waals surface area (Å²) in [4.78, 5) is 32.7. The Hall–Kier alpha value is -4.23. The summed E-state index contributed by atoms with van der Waals surface area (Å²) in [5.41, 5.74) is 5.84. The zero-order chi connectivity index (χ0) is 24.7. The Bertz CT molecular complexity index is 1600. The van der Waals surface area contributed by atoms with Crippen LogP contribution in [0.3, 0.4) is 0 Å². The summed E-state index contributed by atoms with van der Waals surface area (Å²) >= 11 is 6.16. The molecule has 7 nitrogen and oxygen atoms in total. The van der Waals surface area contributed by atoms with Crippen molar-refractivity contribution < 1.29 is 9.90 Å². The number of benzene rings is 1. The number of aromatic carboxylic acids is 1. The highest BCUT2D eigenvalue weighted by Crippen LogP contribution is 2.35. The Kier molecular flexibility index (Phi) is 5.70. The number of fused-ring (bicyclic) bond motifs is 1. The second-order valence-corrected chi connectivity index (χ2v) is 8.75. The number of aromatic nitrogens is 4. The van der Waals surface area contributed by atoms with Gasteiger partial charge in [0, 0.05) is 48.5 Å². The Morgan fingerprint density at radius 1 is 1.00 bits per heavy atom. The van der Waals surface area contributed by atoms with E-state index in [2.05, 4.69) is 16.5 Å². The molecule has 0 aliphatic rings. The lowest BCUT2D eigenvalue weighted by Gasteiger charge is -2.15. The van der Waals surface area contributed by atoms with Gasteiger partial charge in [-0.2, -0.15) is 0 Å². The molecule has 8 heteroatoms. The summed E-state index contributed by atoms with van der Waals surface area (Å²) in [5.74, 6) is -0.971. The lowest BCUT2D eigenvalue weighted by atomic mass is 10.0. The average molecular weight is 485 g/mol. The predicted molar refractivity (Wildman–Crippen MR) is 136 cm³/mol. The van der Waals surface area contributed by atoms with Gasteiger partial charge < -0.3 is 14.2 Å². The van der Waals surface area contributed by atoms with Crippen LogP contribution < -0.4 is 5.56 Å². The molecule has 4 heterocycles. The predicted octanol–water partition coefficient (Wildman–Crippen LogP) is 5.42. The molecule has 1 atom stereocenters. The Morgan fingerprint density at radius 3 is 2.43 bits per heavy atom. The molecular formula is C27H21ClN4O3. The van der Waals surface area contributed by atoms with Crippen LogP contribution in [0.2, 0.25) is 5.02 Å². The van der Waals surface area contributed by atoms with Gasteiger partial charge in [-0.1, -0.05) is 29.8 Å². The largest absolute Gasteiger partial charge is 0.478 e. The maximum Gasteiger partial charge on any atom is 0.335 e. The summed E-state index contributed by atoms with van der Waals surface area (Å²) in [7, 11) is 1.66. The molecule has 1 N–H and O–H groups in total. The number of pyridine rings is 3. The SMILES string of the molecule is C[C@@H](c1ccccn1)n1cc(-c2ccc(C(=O)O)cc2)c2ncc(-c3cc(Cl)c(=O)n(C)c3)cc21. The fourth-order valence-electron chi connectivity index (χ4n) is 4.20. The van der Waals surface area contributed by atoms with Crippen LogP contribution in [0, 0.1) is 0 Å². The summed E-state index contributed by atoms with van der Waals surface area (Å²) < 4.78 is 3.56. The average Bonchev–Trinajstić information content (AvgIpc) is 3.26. The number of carbonyl (C=O) groups is 1. The van der Waals surface area contributed by atoms with E-state index in [9.17, 15) is 14.7 Å². The van der Waals surface area contributed by atoms with Gasteiger partial charge in [0.25, 0.3) is 5.56 Å². The maximum absolute atomic E-state index is 12.1. The highest BCUT2D eigenvalue weighted by atomic mass is 35.5. The first-order valence-corrected chi connectivity index (χ1v) is 11.3. The van der Waals surface area contributed by atoms with Crippen molar-refractivity contribution in [1.29, 1.82) is 0 Å². The van der Waals surface area contributed by atoms with Crippen molar-refractivity contribution in [2.75, 3.05) is 0 Å². The van der Waals surface area contributed by atoms with E-state index in [1.54, 1.807) is 56.0 Å². The van der Waals surface area contributed by atoms with Crippen LogP contribution in [0.5, 0.6) is 0 Å². The molecule has 0 radical (unpaired) electrons. The summed E-state index contributed by atoms with van der Waals surface area (Å²) in [6.45, 7) is 2.06. The van der Waals surface area contributed by atoms with Crippen molar-refractivity contribution in [3.05, 3.63) is 106 Å². The van der Waals surface area contributed by atoms with Gasteiger partial charge in [-0.25, -0.2) is 4.79 Å². The number of rotatable bonds is 5. The zero-order valence-corrected chi connectivity index (χ0v) is 19.8. The first-order chi connectivity index (χ1) is 16.8. The smallest absolute Gasteiger partial charge is 0.335 e. The molecule has 4 aromatic heterocycles. The molecule has 0 spiro atoms. The molecule has 5 aromatic rings. The minimum absolute atomic E-state index is 0.0912. The highest BCUT2D eigenvalue weighted by molar-refractivity contribution is 6.30. The fourth-order valence-corrected chi connectivity index (χ4v) is 4.45. The molecule has 0 fully saturated rings. The van der Waals surface area contributed by atoms with E-state index in [0.29, 0.717) is 0 Å². The van der Waals surface area contributed by atoms with Gasteiger partial charge in [-0.05, 0) is 48.9 Å². The van der Waals surface area contributed by atoms with E-state index in [4.69, 9.17) is 16.6 Å². The van der Waals surface area contributed by atoms with Crippen LogP contribution in [-0.4, -0.2) is 30.2 Å². The third-order valence-corrected chi connectivity index (χ3v) is 6.39. The van der Waals surface area contributed by atoms with Crippen LogP contribution in [0.4, 0.5) is 0 Å². The summed E-state index contributed by atoms with van der Waals surface area (Å²) in [5, 5.41) is 9.40. The first-order valence-electron chi connectivity index (χ1n) is 11.0. The van der Waals surface area contributed by atoms with Gasteiger partial charge in [-0.3, -0.25) is 14.8 Å². The fraction of sp³-hybridized carbons (Fsp3) is 0.111. The molecule has 1 aromatic carbocycles. The number of carboxylic acid groups (broad SMARTS) is 1. The van der Waals surface area contributed by atoms with Crippen molar-refractivity contribution in [2.45, 2.75) is 13.0 Å². The molecule has 0 saturated carbocycles. The Labute approximate surface area is 205 Å². The topological polar surface area (TPSA) is 90.0 Å². The molecule has 5 rings (SSSR count). The lowest BCUT2D eigenvalue weighted by Crippen LogP contribution is -2.16. The molecule has 0 unspecified atom stereocenters. The lowest BCUT2D eigenvalue weighted by molar-refractivity contribution is 0.0697. The number of halogens is 1. The monoisotopic (exact) mass is 484 g/mol. The summed E-state index contributed by atoms with van der Waals surface area (Å²) in [6.07, 6.45) is 7.27. The van der Waals surface area contributed by atoms with Gasteiger partial charge in [-0.15, -0.1) is 0 Å². The van der Waals surface area contributed by atoms with E-state index in [1.807, 2.05) is 30.5 Å². The van der Waals surface area contributed by atoms with Crippen molar-refractivity contribution >= 4 is 28.6 Å². The van der Waals surface area contributed by atoms with Gasteiger partial charge >= 0.3 is 5.97 Å². The van der Waals surface area contributed by atoms with Gasteiger partial charge in [0.1, 0.15) is 5.02 Å². The Balaban J connectivity index is 1.72. The molecule has 0 aliphatic carbocycles. The van der Waals surface area contributed by atoms with Gasteiger partial charge in [0.15, 0.2) is 0 Å². The summed E-state index contributed by atoms with van der Waals surface area (Å²) in [6, 6.07) is 16.1. The minimum atomic E-state index is -0.971. The minimum Gasteiger partial charge on any atom is -0.478 e. The second-order valence-electron chi connectivity index (χ2n) is 8.35. The number of aryl methyl sites for hydroxylation is 1. The molecule has 0 saturated heterocycles. The van der Waals surface area contributed by atoms with Gasteiger partial charge in [0.05, 0.1) is 28.3 Å². The number of nitrogens with zero attached hydrogens (tertiary/aromatic N) is 4. The third kappa shape index (κ3) is 4.11. The van der Waals surface area contributed by atoms with Crippen LogP contribution in [0.1, 0.15) is 29.0 Å². The van der Waals surface area contributed by atoms with E-state index in [-0.39, 0.29) is 22.2 Å². The van der Waals surface area contributed by atoms with E-state index in [1.165, 1.54) is 4.57 Å². The van der Waals surface area contributed by atoms with E-state index >= 15 is 0 Å². The molecule has 35 heavy (non-hydrogen) atoms. The van der Waals surface area contributed by atoms with Crippen molar-refractivity contribution in [3.8, 4) is 22.3 Å². The molecule has 0 aliphatic heterocycles. The second kappa shape index (κ2) is 8.85. The van der Waals surface area contributed by atoms with Crippen molar-refractivity contribution in [2.24, 2.45) is 7.05 Å². The van der Waals surface area contributed by atoms with Gasteiger partial charge in [0.2, 0.25) is 0 Å². The van der Waals surface area contributed by atoms with Crippen molar-refractivity contribution in [3.63, 3.8) is 0 Å². The molecule has 0 bridgehead atoms. The Morgan fingerprint density at radius 2 is 1.77 bits per heavy atom. The number of hydrogen-bond donors (Lipinski definition) is 1. The maximum atomic E-state index is 12.1. The van der Waals surface area contributed by atoms with E-state index < -0.39 is 5.97 Å². The number of carboxylic acids is 1. The third-order valence-electron chi connectivity index (χ3n) is 6.12.